The Morgan fingerprint density at radius 2 is 2.09 bits per heavy atom. The largest absolute Gasteiger partial charge is 0.379 e. The van der Waals surface area contributed by atoms with Gasteiger partial charge >= 0.3 is 0 Å². The van der Waals surface area contributed by atoms with Crippen LogP contribution in [0.2, 0.25) is 0 Å². The SMILES string of the molecule is CC(=O)Nc1ccc(C(=O)NCCCOCC2CCCO2)cc1. The van der Waals surface area contributed by atoms with Crippen LogP contribution in [0.4, 0.5) is 5.69 Å². The molecule has 2 amide bonds. The van der Waals surface area contributed by atoms with Gasteiger partial charge in [0.15, 0.2) is 0 Å². The number of amides is 2. The summed E-state index contributed by atoms with van der Waals surface area (Å²) in [6, 6.07) is 6.80. The van der Waals surface area contributed by atoms with E-state index in [1.807, 2.05) is 0 Å². The molecule has 1 atom stereocenters. The molecule has 6 heteroatoms. The van der Waals surface area contributed by atoms with Crippen molar-refractivity contribution in [3.63, 3.8) is 0 Å². The van der Waals surface area contributed by atoms with Gasteiger partial charge in [0.05, 0.1) is 12.7 Å². The molecule has 0 spiro atoms. The van der Waals surface area contributed by atoms with Crippen molar-refractivity contribution >= 4 is 17.5 Å². The van der Waals surface area contributed by atoms with Crippen LogP contribution >= 0.6 is 0 Å². The van der Waals surface area contributed by atoms with Crippen molar-refractivity contribution in [3.8, 4) is 0 Å². The van der Waals surface area contributed by atoms with Crippen LogP contribution < -0.4 is 10.6 Å². The molecule has 1 aromatic carbocycles. The Balaban J connectivity index is 1.59. The fourth-order valence-electron chi connectivity index (χ4n) is 2.38. The molecule has 126 valence electrons. The summed E-state index contributed by atoms with van der Waals surface area (Å²) in [5.74, 6) is -0.260. The molecule has 1 aliphatic rings. The van der Waals surface area contributed by atoms with Crippen molar-refractivity contribution in [2.75, 3.05) is 31.7 Å². The number of hydrogen-bond donors (Lipinski definition) is 2. The van der Waals surface area contributed by atoms with E-state index in [4.69, 9.17) is 9.47 Å². The van der Waals surface area contributed by atoms with Crippen LogP contribution in [-0.4, -0.2) is 44.3 Å². The summed E-state index contributed by atoms with van der Waals surface area (Å²) in [4.78, 5) is 22.9. The number of anilines is 1. The van der Waals surface area contributed by atoms with E-state index in [1.165, 1.54) is 6.92 Å². The second-order valence-corrected chi connectivity index (χ2v) is 5.58. The first-order valence-corrected chi connectivity index (χ1v) is 8.00. The zero-order chi connectivity index (χ0) is 16.5. The molecule has 0 radical (unpaired) electrons. The summed E-state index contributed by atoms with van der Waals surface area (Å²) in [5, 5.41) is 5.51. The van der Waals surface area contributed by atoms with E-state index in [2.05, 4.69) is 10.6 Å². The van der Waals surface area contributed by atoms with Crippen LogP contribution in [0, 0.1) is 0 Å². The molecule has 0 bridgehead atoms. The van der Waals surface area contributed by atoms with Crippen molar-refractivity contribution in [2.24, 2.45) is 0 Å². The number of carbonyl (C=O) groups excluding carboxylic acids is 2. The first kappa shape index (κ1) is 17.4. The topological polar surface area (TPSA) is 76.7 Å². The van der Waals surface area contributed by atoms with Crippen LogP contribution in [0.1, 0.15) is 36.5 Å². The lowest BCUT2D eigenvalue weighted by molar-refractivity contribution is -0.114. The van der Waals surface area contributed by atoms with Gasteiger partial charge in [-0.3, -0.25) is 9.59 Å². The molecule has 0 aromatic heterocycles. The van der Waals surface area contributed by atoms with E-state index in [0.717, 1.165) is 25.9 Å². The van der Waals surface area contributed by atoms with Crippen molar-refractivity contribution in [3.05, 3.63) is 29.8 Å². The molecule has 1 unspecified atom stereocenters. The van der Waals surface area contributed by atoms with Crippen LogP contribution in [-0.2, 0) is 14.3 Å². The highest BCUT2D eigenvalue weighted by Gasteiger charge is 2.14. The van der Waals surface area contributed by atoms with Gasteiger partial charge in [0.1, 0.15) is 0 Å². The number of ether oxygens (including phenoxy) is 2. The summed E-state index contributed by atoms with van der Waals surface area (Å²) in [5.41, 5.74) is 1.25. The van der Waals surface area contributed by atoms with Gasteiger partial charge in [0.2, 0.25) is 5.91 Å². The smallest absolute Gasteiger partial charge is 0.251 e. The summed E-state index contributed by atoms with van der Waals surface area (Å²) >= 11 is 0. The van der Waals surface area contributed by atoms with Crippen molar-refractivity contribution < 1.29 is 19.1 Å². The van der Waals surface area contributed by atoms with Gasteiger partial charge in [-0.1, -0.05) is 0 Å². The van der Waals surface area contributed by atoms with Gasteiger partial charge in [-0.05, 0) is 43.5 Å². The Morgan fingerprint density at radius 3 is 2.74 bits per heavy atom. The molecular formula is C17H24N2O4. The predicted octanol–water partition coefficient (Wildman–Crippen LogP) is 1.96. The van der Waals surface area contributed by atoms with Crippen molar-refractivity contribution in [2.45, 2.75) is 32.3 Å². The van der Waals surface area contributed by atoms with Gasteiger partial charge in [-0.15, -0.1) is 0 Å². The molecule has 1 heterocycles. The lowest BCUT2D eigenvalue weighted by Crippen LogP contribution is -2.25. The molecule has 0 aliphatic carbocycles. The minimum absolute atomic E-state index is 0.126. The van der Waals surface area contributed by atoms with Crippen LogP contribution in [0.25, 0.3) is 0 Å². The normalized spacial score (nSPS) is 17.0. The monoisotopic (exact) mass is 320 g/mol. The lowest BCUT2D eigenvalue weighted by Gasteiger charge is -2.10. The molecule has 1 saturated heterocycles. The zero-order valence-corrected chi connectivity index (χ0v) is 13.5. The lowest BCUT2D eigenvalue weighted by atomic mass is 10.2. The minimum atomic E-state index is -0.134. The summed E-state index contributed by atoms with van der Waals surface area (Å²) in [6.07, 6.45) is 3.20. The third-order valence-electron chi connectivity index (χ3n) is 3.55. The van der Waals surface area contributed by atoms with Gasteiger partial charge < -0.3 is 20.1 Å². The maximum Gasteiger partial charge on any atom is 0.251 e. The molecule has 1 fully saturated rings. The Labute approximate surface area is 136 Å². The third-order valence-corrected chi connectivity index (χ3v) is 3.55. The molecular weight excluding hydrogens is 296 g/mol. The number of benzene rings is 1. The number of nitrogens with one attached hydrogen (secondary N) is 2. The number of carbonyl (C=O) groups is 2. The molecule has 2 rings (SSSR count). The van der Waals surface area contributed by atoms with E-state index in [9.17, 15) is 9.59 Å². The fourth-order valence-corrected chi connectivity index (χ4v) is 2.38. The summed E-state index contributed by atoms with van der Waals surface area (Å²) in [6.45, 7) is 4.10. The minimum Gasteiger partial charge on any atom is -0.379 e. The van der Waals surface area contributed by atoms with Gasteiger partial charge in [0, 0.05) is 37.9 Å². The van der Waals surface area contributed by atoms with Crippen molar-refractivity contribution in [1.29, 1.82) is 0 Å². The molecule has 6 nitrogen and oxygen atoms in total. The molecule has 23 heavy (non-hydrogen) atoms. The van der Waals surface area contributed by atoms with E-state index in [0.29, 0.717) is 31.0 Å². The maximum atomic E-state index is 12.0. The van der Waals surface area contributed by atoms with Crippen LogP contribution in [0.15, 0.2) is 24.3 Å². The van der Waals surface area contributed by atoms with E-state index in [-0.39, 0.29) is 17.9 Å². The van der Waals surface area contributed by atoms with Crippen LogP contribution in [0.3, 0.4) is 0 Å². The average Bonchev–Trinajstić information content (AvgIpc) is 3.04. The Hall–Kier alpha value is -1.92. The Morgan fingerprint density at radius 1 is 1.30 bits per heavy atom. The quantitative estimate of drug-likeness (QED) is 0.718. The highest BCUT2D eigenvalue weighted by Crippen LogP contribution is 2.12. The zero-order valence-electron chi connectivity index (χ0n) is 13.5. The third kappa shape index (κ3) is 6.38. The molecule has 1 aliphatic heterocycles. The van der Waals surface area contributed by atoms with E-state index >= 15 is 0 Å². The predicted molar refractivity (Wildman–Crippen MR) is 87.5 cm³/mol. The van der Waals surface area contributed by atoms with Crippen LogP contribution in [0.5, 0.6) is 0 Å². The first-order chi connectivity index (χ1) is 11.1. The highest BCUT2D eigenvalue weighted by atomic mass is 16.5. The van der Waals surface area contributed by atoms with E-state index in [1.54, 1.807) is 24.3 Å². The molecule has 0 saturated carbocycles. The molecule has 1 aromatic rings. The summed E-state index contributed by atoms with van der Waals surface area (Å²) < 4.78 is 11.0. The summed E-state index contributed by atoms with van der Waals surface area (Å²) in [7, 11) is 0. The van der Waals surface area contributed by atoms with Gasteiger partial charge in [-0.2, -0.15) is 0 Å². The Bertz CT molecular complexity index is 510. The first-order valence-electron chi connectivity index (χ1n) is 8.00. The van der Waals surface area contributed by atoms with Gasteiger partial charge in [-0.25, -0.2) is 0 Å². The fraction of sp³-hybridized carbons (Fsp3) is 0.529. The van der Waals surface area contributed by atoms with E-state index < -0.39 is 0 Å². The van der Waals surface area contributed by atoms with Gasteiger partial charge in [0.25, 0.3) is 5.91 Å². The maximum absolute atomic E-state index is 12.0. The molecule has 2 N–H and O–H groups in total. The second-order valence-electron chi connectivity index (χ2n) is 5.58. The second kappa shape index (κ2) is 9.27. The number of rotatable bonds is 8. The Kier molecular flexibility index (Phi) is 7.03. The van der Waals surface area contributed by atoms with Crippen molar-refractivity contribution in [1.82, 2.24) is 5.32 Å². The number of hydrogen-bond acceptors (Lipinski definition) is 4. The highest BCUT2D eigenvalue weighted by molar-refractivity contribution is 5.95. The average molecular weight is 320 g/mol. The standard InChI is InChI=1S/C17H24N2O4/c1-13(20)19-15-7-5-14(6-8-15)17(21)18-9-3-10-22-12-16-4-2-11-23-16/h5-8,16H,2-4,9-12H2,1H3,(H,18,21)(H,19,20).